The van der Waals surface area contributed by atoms with Gasteiger partial charge in [0, 0.05) is 17.8 Å². The minimum Gasteiger partial charge on any atom is -0.326 e. The molecule has 1 N–H and O–H groups in total. The number of aromatic nitrogens is 2. The van der Waals surface area contributed by atoms with E-state index in [1.54, 1.807) is 6.20 Å². The van der Waals surface area contributed by atoms with Crippen LogP contribution in [0, 0.1) is 6.92 Å². The molecule has 2 aromatic rings. The van der Waals surface area contributed by atoms with Gasteiger partial charge in [-0.15, -0.1) is 0 Å². The maximum Gasteiger partial charge on any atom is 0.226 e. The van der Waals surface area contributed by atoms with Crippen molar-refractivity contribution in [3.05, 3.63) is 46.2 Å². The molecule has 0 spiro atoms. The van der Waals surface area contributed by atoms with Crippen LogP contribution in [0.15, 0.2) is 34.9 Å². The van der Waals surface area contributed by atoms with Crippen molar-refractivity contribution in [3.8, 4) is 0 Å². The van der Waals surface area contributed by atoms with Crippen LogP contribution in [0.3, 0.4) is 0 Å². The normalized spacial score (nSPS) is 10.6. The molecule has 0 radical (unpaired) electrons. The summed E-state index contributed by atoms with van der Waals surface area (Å²) in [6, 6.07) is 7.94. The fourth-order valence-electron chi connectivity index (χ4n) is 1.90. The molecule has 1 heterocycles. The Bertz CT molecular complexity index is 590. The van der Waals surface area contributed by atoms with E-state index in [4.69, 9.17) is 0 Å². The van der Waals surface area contributed by atoms with Gasteiger partial charge in [-0.05, 0) is 47.0 Å². The summed E-state index contributed by atoms with van der Waals surface area (Å²) in [6.45, 7) is 4.66. The first-order chi connectivity index (χ1) is 9.60. The van der Waals surface area contributed by atoms with Crippen LogP contribution < -0.4 is 5.32 Å². The Labute approximate surface area is 127 Å². The van der Waals surface area contributed by atoms with Gasteiger partial charge < -0.3 is 5.32 Å². The Morgan fingerprint density at radius 1 is 1.35 bits per heavy atom. The van der Waals surface area contributed by atoms with Gasteiger partial charge in [-0.2, -0.15) is 5.10 Å². The zero-order valence-corrected chi connectivity index (χ0v) is 13.3. The van der Waals surface area contributed by atoms with Gasteiger partial charge in [-0.3, -0.25) is 9.48 Å². The molecule has 4 nitrogen and oxygen atoms in total. The third-order valence-electron chi connectivity index (χ3n) is 3.24. The number of halogens is 1. The van der Waals surface area contributed by atoms with Gasteiger partial charge in [0.15, 0.2) is 0 Å². The van der Waals surface area contributed by atoms with Gasteiger partial charge in [-0.25, -0.2) is 0 Å². The molecular formula is C15H18BrN3O. The molecule has 0 saturated heterocycles. The summed E-state index contributed by atoms with van der Waals surface area (Å²) in [7, 11) is 0. The number of rotatable bonds is 5. The average Bonchev–Trinajstić information content (AvgIpc) is 2.77. The number of nitrogens with zero attached hydrogens (tertiary/aromatic N) is 2. The fourth-order valence-corrected chi connectivity index (χ4v) is 2.20. The number of carbonyl (C=O) groups is 1. The molecule has 0 bridgehead atoms. The fraction of sp³-hybridized carbons (Fsp3) is 0.333. The third-order valence-corrected chi connectivity index (χ3v) is 4.02. The van der Waals surface area contributed by atoms with Crippen LogP contribution in [0.5, 0.6) is 0 Å². The average molecular weight is 336 g/mol. The predicted octanol–water partition coefficient (Wildman–Crippen LogP) is 3.55. The standard InChI is InChI=1S/C15H18BrN3O/c1-3-12-4-6-13(7-5-12)18-15(20)8-9-19-11(2)14(16)10-17-19/h4-7,10H,3,8-9H2,1-2H3,(H,18,20). The molecule has 1 aromatic heterocycles. The van der Waals surface area contributed by atoms with Crippen molar-refractivity contribution in [3.63, 3.8) is 0 Å². The number of hydrogen-bond acceptors (Lipinski definition) is 2. The number of hydrogen-bond donors (Lipinski definition) is 1. The summed E-state index contributed by atoms with van der Waals surface area (Å²) in [4.78, 5) is 11.9. The maximum atomic E-state index is 11.9. The molecule has 0 unspecified atom stereocenters. The van der Waals surface area contributed by atoms with Gasteiger partial charge in [0.05, 0.1) is 17.2 Å². The van der Waals surface area contributed by atoms with Crippen LogP contribution in [-0.2, 0) is 17.8 Å². The first-order valence-corrected chi connectivity index (χ1v) is 7.46. The quantitative estimate of drug-likeness (QED) is 0.908. The zero-order valence-electron chi connectivity index (χ0n) is 11.7. The molecule has 0 aliphatic carbocycles. The lowest BCUT2D eigenvalue weighted by atomic mass is 10.1. The van der Waals surface area contributed by atoms with Crippen LogP contribution in [0.4, 0.5) is 5.69 Å². The largest absolute Gasteiger partial charge is 0.326 e. The van der Waals surface area contributed by atoms with Crippen molar-refractivity contribution in [2.24, 2.45) is 0 Å². The summed E-state index contributed by atoms with van der Waals surface area (Å²) in [6.07, 6.45) is 3.16. The van der Waals surface area contributed by atoms with Crippen molar-refractivity contribution in [2.45, 2.75) is 33.2 Å². The number of amides is 1. The van der Waals surface area contributed by atoms with E-state index in [1.807, 2.05) is 35.9 Å². The van der Waals surface area contributed by atoms with Crippen LogP contribution in [0.25, 0.3) is 0 Å². The second-order valence-electron chi connectivity index (χ2n) is 4.65. The summed E-state index contributed by atoms with van der Waals surface area (Å²) >= 11 is 3.41. The first kappa shape index (κ1) is 14.8. The van der Waals surface area contributed by atoms with E-state index < -0.39 is 0 Å². The number of aryl methyl sites for hydroxylation is 2. The molecule has 1 amide bonds. The molecule has 106 valence electrons. The number of benzene rings is 1. The Morgan fingerprint density at radius 2 is 2.05 bits per heavy atom. The number of carbonyl (C=O) groups excluding carboxylic acids is 1. The lowest BCUT2D eigenvalue weighted by Gasteiger charge is -2.07. The number of anilines is 1. The molecule has 5 heteroatoms. The second kappa shape index (κ2) is 6.70. The van der Waals surface area contributed by atoms with Gasteiger partial charge >= 0.3 is 0 Å². The van der Waals surface area contributed by atoms with E-state index in [1.165, 1.54) is 5.56 Å². The van der Waals surface area contributed by atoms with Crippen molar-refractivity contribution in [2.75, 3.05) is 5.32 Å². The van der Waals surface area contributed by atoms with Crippen LogP contribution >= 0.6 is 15.9 Å². The highest BCUT2D eigenvalue weighted by molar-refractivity contribution is 9.10. The van der Waals surface area contributed by atoms with E-state index in [9.17, 15) is 4.79 Å². The van der Waals surface area contributed by atoms with E-state index in [0.717, 1.165) is 22.3 Å². The summed E-state index contributed by atoms with van der Waals surface area (Å²) in [5.74, 6) is 0.000251. The molecule has 0 fully saturated rings. The minimum atomic E-state index is 0.000251. The van der Waals surface area contributed by atoms with Gasteiger partial charge in [0.1, 0.15) is 0 Å². The summed E-state index contributed by atoms with van der Waals surface area (Å²) < 4.78 is 2.79. The minimum absolute atomic E-state index is 0.000251. The zero-order chi connectivity index (χ0) is 14.5. The Morgan fingerprint density at radius 3 is 2.60 bits per heavy atom. The SMILES string of the molecule is CCc1ccc(NC(=O)CCn2ncc(Br)c2C)cc1. The topological polar surface area (TPSA) is 46.9 Å². The maximum absolute atomic E-state index is 11.9. The van der Waals surface area contributed by atoms with E-state index in [0.29, 0.717) is 13.0 Å². The molecular weight excluding hydrogens is 318 g/mol. The van der Waals surface area contributed by atoms with Crippen molar-refractivity contribution >= 4 is 27.5 Å². The Balaban J connectivity index is 1.87. The van der Waals surface area contributed by atoms with Gasteiger partial charge in [-0.1, -0.05) is 19.1 Å². The lowest BCUT2D eigenvalue weighted by Crippen LogP contribution is -2.15. The van der Waals surface area contributed by atoms with Crippen LogP contribution in [0.2, 0.25) is 0 Å². The highest BCUT2D eigenvalue weighted by atomic mass is 79.9. The molecule has 0 aliphatic rings. The highest BCUT2D eigenvalue weighted by Gasteiger charge is 2.07. The Hall–Kier alpha value is -1.62. The summed E-state index contributed by atoms with van der Waals surface area (Å²) in [5.41, 5.74) is 3.13. The van der Waals surface area contributed by atoms with E-state index in [-0.39, 0.29) is 5.91 Å². The first-order valence-electron chi connectivity index (χ1n) is 6.67. The summed E-state index contributed by atoms with van der Waals surface area (Å²) in [5, 5.41) is 7.10. The molecule has 0 aliphatic heterocycles. The monoisotopic (exact) mass is 335 g/mol. The second-order valence-corrected chi connectivity index (χ2v) is 5.50. The number of nitrogens with one attached hydrogen (secondary N) is 1. The van der Waals surface area contributed by atoms with Crippen molar-refractivity contribution in [1.29, 1.82) is 0 Å². The predicted molar refractivity (Wildman–Crippen MR) is 83.7 cm³/mol. The van der Waals surface area contributed by atoms with Crippen LogP contribution in [0.1, 0.15) is 24.6 Å². The molecule has 20 heavy (non-hydrogen) atoms. The van der Waals surface area contributed by atoms with E-state index in [2.05, 4.69) is 33.3 Å². The third kappa shape index (κ3) is 3.70. The smallest absolute Gasteiger partial charge is 0.226 e. The molecule has 0 atom stereocenters. The van der Waals surface area contributed by atoms with Gasteiger partial charge in [0.25, 0.3) is 0 Å². The van der Waals surface area contributed by atoms with Crippen molar-refractivity contribution in [1.82, 2.24) is 9.78 Å². The van der Waals surface area contributed by atoms with Crippen molar-refractivity contribution < 1.29 is 4.79 Å². The highest BCUT2D eigenvalue weighted by Crippen LogP contribution is 2.15. The van der Waals surface area contributed by atoms with Crippen LogP contribution in [-0.4, -0.2) is 15.7 Å². The van der Waals surface area contributed by atoms with E-state index >= 15 is 0 Å². The van der Waals surface area contributed by atoms with Gasteiger partial charge in [0.2, 0.25) is 5.91 Å². The Kier molecular flexibility index (Phi) is 4.95. The molecule has 2 rings (SSSR count). The lowest BCUT2D eigenvalue weighted by molar-refractivity contribution is -0.116. The molecule has 1 aromatic carbocycles. The molecule has 0 saturated carbocycles.